The van der Waals surface area contributed by atoms with Crippen LogP contribution in [0.4, 0.5) is 11.4 Å². The lowest BCUT2D eigenvalue weighted by Gasteiger charge is -2.28. The maximum Gasteiger partial charge on any atom is 0.294 e. The van der Waals surface area contributed by atoms with E-state index < -0.39 is 23.5 Å². The Hall–Kier alpha value is -4.85. The molecule has 2 N–H and O–H groups in total. The number of carbonyl (C=O) groups is 3. The predicted molar refractivity (Wildman–Crippen MR) is 153 cm³/mol. The number of rotatable bonds is 6. The van der Waals surface area contributed by atoms with Gasteiger partial charge in [0.25, 0.3) is 5.91 Å². The maximum absolute atomic E-state index is 14.0. The van der Waals surface area contributed by atoms with Gasteiger partial charge in [-0.25, -0.2) is 0 Å². The summed E-state index contributed by atoms with van der Waals surface area (Å²) in [6.07, 6.45) is 0. The number of amides is 2. The zero-order valence-electron chi connectivity index (χ0n) is 22.9. The van der Waals surface area contributed by atoms with Crippen LogP contribution in [-0.2, 0) is 15.0 Å². The Balaban J connectivity index is 1.62. The van der Waals surface area contributed by atoms with Gasteiger partial charge in [-0.3, -0.25) is 19.3 Å². The van der Waals surface area contributed by atoms with Gasteiger partial charge >= 0.3 is 0 Å². The number of para-hydroxylation sites is 1. The maximum atomic E-state index is 14.0. The van der Waals surface area contributed by atoms with Crippen LogP contribution >= 0.6 is 0 Å². The Morgan fingerprint density at radius 1 is 1.00 bits per heavy atom. The van der Waals surface area contributed by atoms with Crippen molar-refractivity contribution in [2.45, 2.75) is 39.2 Å². The van der Waals surface area contributed by atoms with E-state index in [0.29, 0.717) is 33.7 Å². The molecule has 1 aliphatic rings. The number of anilines is 2. The van der Waals surface area contributed by atoms with Crippen molar-refractivity contribution in [1.29, 1.82) is 0 Å². The first-order chi connectivity index (χ1) is 19.0. The first-order valence-corrected chi connectivity index (χ1v) is 12.9. The molecule has 2 heterocycles. The van der Waals surface area contributed by atoms with Crippen molar-refractivity contribution in [1.82, 2.24) is 0 Å². The third-order valence-electron chi connectivity index (χ3n) is 6.96. The van der Waals surface area contributed by atoms with Crippen LogP contribution in [0, 0.1) is 0 Å². The summed E-state index contributed by atoms with van der Waals surface area (Å²) >= 11 is 0. The van der Waals surface area contributed by atoms with Gasteiger partial charge in [-0.2, -0.15) is 0 Å². The van der Waals surface area contributed by atoms with Crippen molar-refractivity contribution < 1.29 is 28.6 Å². The van der Waals surface area contributed by atoms with Crippen molar-refractivity contribution in [3.63, 3.8) is 0 Å². The molecular weight excluding hydrogens is 508 g/mol. The fraction of sp³-hybridized carbons (Fsp3) is 0.219. The molecule has 204 valence electrons. The van der Waals surface area contributed by atoms with Crippen molar-refractivity contribution in [2.75, 3.05) is 17.3 Å². The van der Waals surface area contributed by atoms with Gasteiger partial charge in [-0.05, 0) is 52.9 Å². The van der Waals surface area contributed by atoms with E-state index in [2.05, 4.69) is 26.1 Å². The van der Waals surface area contributed by atoms with Crippen molar-refractivity contribution in [2.24, 2.45) is 0 Å². The second kappa shape index (κ2) is 10.0. The smallest absolute Gasteiger partial charge is 0.294 e. The highest BCUT2D eigenvalue weighted by atomic mass is 16.5. The van der Waals surface area contributed by atoms with Gasteiger partial charge in [-0.1, -0.05) is 57.2 Å². The number of carbonyl (C=O) groups excluding carboxylic acids is 3. The van der Waals surface area contributed by atoms with Gasteiger partial charge in [0.05, 0.1) is 18.7 Å². The van der Waals surface area contributed by atoms with Crippen LogP contribution in [0.5, 0.6) is 5.75 Å². The summed E-state index contributed by atoms with van der Waals surface area (Å²) in [5, 5.41) is 14.5. The van der Waals surface area contributed by atoms with E-state index in [4.69, 9.17) is 9.15 Å². The average Bonchev–Trinajstić information content (AvgIpc) is 3.47. The summed E-state index contributed by atoms with van der Waals surface area (Å²) in [5.41, 5.74) is 2.94. The molecule has 1 atom stereocenters. The summed E-state index contributed by atoms with van der Waals surface area (Å²) in [6, 6.07) is 20.2. The lowest BCUT2D eigenvalue weighted by molar-refractivity contribution is -0.117. The number of Topliss-reactive ketones (excluding diaryl/α,β-unsaturated/α-hetero) is 1. The van der Waals surface area contributed by atoms with E-state index in [1.165, 1.54) is 18.9 Å². The molecule has 5 rings (SSSR count). The topological polar surface area (TPSA) is 109 Å². The summed E-state index contributed by atoms with van der Waals surface area (Å²) in [5.74, 6) is -1.74. The van der Waals surface area contributed by atoms with Gasteiger partial charge in [-0.15, -0.1) is 0 Å². The second-order valence-corrected chi connectivity index (χ2v) is 10.8. The van der Waals surface area contributed by atoms with E-state index in [1.54, 1.807) is 48.5 Å². The number of hydrogen-bond donors (Lipinski definition) is 2. The number of benzene rings is 3. The molecule has 1 aliphatic heterocycles. The molecule has 4 aromatic rings. The normalized spacial score (nSPS) is 15.6. The quantitative estimate of drug-likeness (QED) is 0.272. The number of nitrogens with one attached hydrogen (secondary N) is 1. The van der Waals surface area contributed by atoms with Crippen LogP contribution in [0.15, 0.2) is 88.5 Å². The standard InChI is InChI=1S/C32H30N2O6/c1-18(35)33-22-13-15-23(16-14-22)34-27(19-9-11-21(12-10-19)32(2,3)4)26(29(37)31(34)38)28(36)25-17-20-7-6-8-24(39-5)30(20)40-25/h6-17,27,37H,1-5H3,(H,33,35). The predicted octanol–water partition coefficient (Wildman–Crippen LogP) is 6.48. The lowest BCUT2D eigenvalue weighted by Crippen LogP contribution is -2.31. The molecule has 0 spiro atoms. The first-order valence-electron chi connectivity index (χ1n) is 12.9. The van der Waals surface area contributed by atoms with Gasteiger partial charge in [0.15, 0.2) is 22.9 Å². The minimum Gasteiger partial charge on any atom is -0.503 e. The summed E-state index contributed by atoms with van der Waals surface area (Å²) in [6.45, 7) is 7.70. The number of furan rings is 1. The van der Waals surface area contributed by atoms with Crippen LogP contribution in [0.3, 0.4) is 0 Å². The van der Waals surface area contributed by atoms with Gasteiger partial charge in [0, 0.05) is 23.7 Å². The van der Waals surface area contributed by atoms with Crippen molar-refractivity contribution in [3.05, 3.63) is 101 Å². The molecule has 0 aliphatic carbocycles. The lowest BCUT2D eigenvalue weighted by atomic mass is 9.85. The highest BCUT2D eigenvalue weighted by molar-refractivity contribution is 6.20. The monoisotopic (exact) mass is 538 g/mol. The van der Waals surface area contributed by atoms with E-state index in [9.17, 15) is 19.5 Å². The first kappa shape index (κ1) is 26.7. The Kier molecular flexibility index (Phi) is 6.71. The molecule has 0 bridgehead atoms. The zero-order valence-corrected chi connectivity index (χ0v) is 22.9. The molecule has 3 aromatic carbocycles. The number of fused-ring (bicyclic) bond motifs is 1. The van der Waals surface area contributed by atoms with E-state index in [1.807, 2.05) is 24.3 Å². The largest absolute Gasteiger partial charge is 0.503 e. The highest BCUT2D eigenvalue weighted by Crippen LogP contribution is 2.43. The molecule has 1 aromatic heterocycles. The van der Waals surface area contributed by atoms with E-state index in [0.717, 1.165) is 5.56 Å². The fourth-order valence-corrected chi connectivity index (χ4v) is 4.93. The number of aliphatic hydroxyl groups is 1. The molecule has 0 saturated carbocycles. The summed E-state index contributed by atoms with van der Waals surface area (Å²) < 4.78 is 11.3. The number of aliphatic hydroxyl groups excluding tert-OH is 1. The van der Waals surface area contributed by atoms with Gasteiger partial charge in [0.2, 0.25) is 11.7 Å². The van der Waals surface area contributed by atoms with Crippen LogP contribution in [0.1, 0.15) is 55.4 Å². The molecule has 8 heteroatoms. The molecule has 2 amide bonds. The van der Waals surface area contributed by atoms with Crippen molar-refractivity contribution >= 4 is 39.9 Å². The van der Waals surface area contributed by atoms with Crippen LogP contribution in [0.25, 0.3) is 11.0 Å². The molecule has 8 nitrogen and oxygen atoms in total. The Bertz CT molecular complexity index is 1660. The molecule has 0 fully saturated rings. The summed E-state index contributed by atoms with van der Waals surface area (Å²) in [4.78, 5) is 40.4. The number of methoxy groups -OCH3 is 1. The van der Waals surface area contributed by atoms with E-state index in [-0.39, 0.29) is 22.7 Å². The third-order valence-corrected chi connectivity index (χ3v) is 6.96. The van der Waals surface area contributed by atoms with E-state index >= 15 is 0 Å². The minimum absolute atomic E-state index is 0.0204. The molecule has 40 heavy (non-hydrogen) atoms. The third kappa shape index (κ3) is 4.73. The molecule has 1 unspecified atom stereocenters. The summed E-state index contributed by atoms with van der Waals surface area (Å²) in [7, 11) is 1.51. The number of ketones is 1. The SMILES string of the molecule is COc1cccc2cc(C(=O)C3=C(O)C(=O)N(c4ccc(NC(C)=O)cc4)C3c3ccc(C(C)(C)C)cc3)oc12. The zero-order chi connectivity index (χ0) is 28.8. The molecular formula is C32H30N2O6. The highest BCUT2D eigenvalue weighted by Gasteiger charge is 2.45. The second-order valence-electron chi connectivity index (χ2n) is 10.8. The molecule has 0 radical (unpaired) electrons. The van der Waals surface area contributed by atoms with Crippen LogP contribution < -0.4 is 15.0 Å². The van der Waals surface area contributed by atoms with Gasteiger partial charge in [0.1, 0.15) is 0 Å². The molecule has 0 saturated heterocycles. The average molecular weight is 539 g/mol. The number of hydrogen-bond acceptors (Lipinski definition) is 6. The van der Waals surface area contributed by atoms with Crippen LogP contribution in [-0.4, -0.2) is 29.8 Å². The Morgan fingerprint density at radius 2 is 1.68 bits per heavy atom. The Labute approximate surface area is 231 Å². The van der Waals surface area contributed by atoms with Crippen molar-refractivity contribution in [3.8, 4) is 5.75 Å². The van der Waals surface area contributed by atoms with Gasteiger partial charge < -0.3 is 19.6 Å². The minimum atomic E-state index is -0.921. The Morgan fingerprint density at radius 3 is 2.27 bits per heavy atom. The fourth-order valence-electron chi connectivity index (χ4n) is 4.93. The van der Waals surface area contributed by atoms with Crippen LogP contribution in [0.2, 0.25) is 0 Å². The number of nitrogens with zero attached hydrogens (tertiary/aromatic N) is 1. The number of ether oxygens (including phenoxy) is 1.